The molecule has 10 heteroatoms. The summed E-state index contributed by atoms with van der Waals surface area (Å²) in [5.74, 6) is -0.222. The van der Waals surface area contributed by atoms with Gasteiger partial charge in [-0.25, -0.2) is 13.2 Å². The first-order valence-corrected chi connectivity index (χ1v) is 11.5. The number of hydrogen-bond acceptors (Lipinski definition) is 7. The number of nitrogens with one attached hydrogen (secondary N) is 1. The molecule has 168 valence electrons. The van der Waals surface area contributed by atoms with Gasteiger partial charge in [0.15, 0.2) is 0 Å². The Kier molecular flexibility index (Phi) is 7.24. The van der Waals surface area contributed by atoms with E-state index in [0.29, 0.717) is 51.0 Å². The zero-order chi connectivity index (χ0) is 22.4. The van der Waals surface area contributed by atoms with Gasteiger partial charge in [-0.1, -0.05) is 0 Å². The van der Waals surface area contributed by atoms with Gasteiger partial charge >= 0.3 is 5.97 Å². The second-order valence-electron chi connectivity index (χ2n) is 6.72. The van der Waals surface area contributed by atoms with Crippen molar-refractivity contribution >= 4 is 27.4 Å². The normalized spacial score (nSPS) is 14.2. The molecule has 0 amide bonds. The van der Waals surface area contributed by atoms with Crippen LogP contribution in [0.4, 0.5) is 11.4 Å². The zero-order valence-electron chi connectivity index (χ0n) is 17.5. The third-order valence-corrected chi connectivity index (χ3v) is 6.05. The number of sulfonamides is 1. The Labute approximate surface area is 181 Å². The number of benzene rings is 2. The third kappa shape index (κ3) is 5.39. The highest BCUT2D eigenvalue weighted by atomic mass is 32.2. The van der Waals surface area contributed by atoms with Crippen molar-refractivity contribution in [2.45, 2.75) is 18.7 Å². The summed E-state index contributed by atoms with van der Waals surface area (Å²) < 4.78 is 45.3. The maximum atomic E-state index is 12.9. The molecule has 31 heavy (non-hydrogen) atoms. The summed E-state index contributed by atoms with van der Waals surface area (Å²) in [4.78, 5) is 13.1. The molecule has 9 nitrogen and oxygen atoms in total. The maximum absolute atomic E-state index is 12.9. The summed E-state index contributed by atoms with van der Waals surface area (Å²) in [6, 6.07) is 8.37. The lowest BCUT2D eigenvalue weighted by molar-refractivity contribution is 0.0696. The molecule has 0 bridgehead atoms. The smallest absolute Gasteiger partial charge is 0.335 e. The first-order valence-electron chi connectivity index (χ1n) is 9.98. The van der Waals surface area contributed by atoms with Gasteiger partial charge < -0.3 is 24.2 Å². The molecule has 1 fully saturated rings. The summed E-state index contributed by atoms with van der Waals surface area (Å²) in [5.41, 5.74) is 1.05. The fourth-order valence-electron chi connectivity index (χ4n) is 3.21. The van der Waals surface area contributed by atoms with Crippen LogP contribution in [0.25, 0.3) is 0 Å². The van der Waals surface area contributed by atoms with Crippen molar-refractivity contribution < 1.29 is 32.5 Å². The van der Waals surface area contributed by atoms with E-state index in [4.69, 9.17) is 19.3 Å². The molecule has 0 saturated carbocycles. The number of carboxylic acids is 1. The number of hydrogen-bond donors (Lipinski definition) is 2. The summed E-state index contributed by atoms with van der Waals surface area (Å²) >= 11 is 0. The van der Waals surface area contributed by atoms with Crippen LogP contribution in [0, 0.1) is 0 Å². The Balaban J connectivity index is 1.98. The summed E-state index contributed by atoms with van der Waals surface area (Å²) in [7, 11) is -3.98. The van der Waals surface area contributed by atoms with Crippen molar-refractivity contribution in [3.05, 3.63) is 42.0 Å². The molecule has 3 rings (SSSR count). The van der Waals surface area contributed by atoms with Crippen LogP contribution >= 0.6 is 0 Å². The number of anilines is 2. The van der Waals surface area contributed by atoms with E-state index < -0.39 is 16.0 Å². The first kappa shape index (κ1) is 22.7. The fourth-order valence-corrected chi connectivity index (χ4v) is 4.27. The van der Waals surface area contributed by atoms with Gasteiger partial charge in [-0.05, 0) is 38.1 Å². The molecule has 0 atom stereocenters. The Hall–Kier alpha value is -2.98. The second kappa shape index (κ2) is 9.88. The van der Waals surface area contributed by atoms with Gasteiger partial charge in [-0.15, -0.1) is 0 Å². The minimum absolute atomic E-state index is 0.00227. The van der Waals surface area contributed by atoms with Crippen molar-refractivity contribution in [3.8, 4) is 11.5 Å². The van der Waals surface area contributed by atoms with Crippen molar-refractivity contribution in [1.82, 2.24) is 0 Å². The molecule has 0 aliphatic carbocycles. The van der Waals surface area contributed by atoms with E-state index in [1.807, 2.05) is 13.8 Å². The predicted molar refractivity (Wildman–Crippen MR) is 116 cm³/mol. The van der Waals surface area contributed by atoms with Gasteiger partial charge in [-0.2, -0.15) is 0 Å². The number of rotatable bonds is 9. The highest BCUT2D eigenvalue weighted by Crippen LogP contribution is 2.40. The number of carbonyl (C=O) groups is 1. The standard InChI is InChI=1S/C21H26N2O7S/c1-3-29-19-14-18(23-9-11-28-12-10-23)20(30-4-2)13-17(19)22-31(26,27)16-7-5-15(6-8-16)21(24)25/h5-8,13-14,22H,3-4,9-12H2,1-2H3,(H,24,25). The SMILES string of the molecule is CCOc1cc(N2CCOCC2)c(OCC)cc1NS(=O)(=O)c1ccc(C(=O)O)cc1. The molecule has 0 aromatic heterocycles. The van der Waals surface area contributed by atoms with Gasteiger partial charge in [-0.3, -0.25) is 4.72 Å². The van der Waals surface area contributed by atoms with Crippen LogP contribution in [0.15, 0.2) is 41.3 Å². The van der Waals surface area contributed by atoms with Gasteiger partial charge in [0.25, 0.3) is 10.0 Å². The Morgan fingerprint density at radius 1 is 1.06 bits per heavy atom. The third-order valence-electron chi connectivity index (χ3n) is 4.67. The lowest BCUT2D eigenvalue weighted by Crippen LogP contribution is -2.36. The minimum atomic E-state index is -3.98. The topological polar surface area (TPSA) is 114 Å². The van der Waals surface area contributed by atoms with Crippen molar-refractivity contribution in [2.24, 2.45) is 0 Å². The maximum Gasteiger partial charge on any atom is 0.335 e. The predicted octanol–water partition coefficient (Wildman–Crippen LogP) is 2.82. The van der Waals surface area contributed by atoms with Crippen LogP contribution in [-0.2, 0) is 14.8 Å². The molecule has 1 aliphatic rings. The van der Waals surface area contributed by atoms with Crippen molar-refractivity contribution in [3.63, 3.8) is 0 Å². The number of ether oxygens (including phenoxy) is 3. The Morgan fingerprint density at radius 3 is 2.26 bits per heavy atom. The summed E-state index contributed by atoms with van der Waals surface area (Å²) in [5, 5.41) is 9.02. The van der Waals surface area contributed by atoms with Crippen LogP contribution < -0.4 is 19.1 Å². The summed E-state index contributed by atoms with van der Waals surface area (Å²) in [6.07, 6.45) is 0. The quantitative estimate of drug-likeness (QED) is 0.599. The highest BCUT2D eigenvalue weighted by molar-refractivity contribution is 7.92. The van der Waals surface area contributed by atoms with E-state index in [1.54, 1.807) is 12.1 Å². The van der Waals surface area contributed by atoms with Crippen molar-refractivity contribution in [1.29, 1.82) is 0 Å². The first-order chi connectivity index (χ1) is 14.9. The van der Waals surface area contributed by atoms with Crippen LogP contribution in [0.2, 0.25) is 0 Å². The molecular formula is C21H26N2O7S. The summed E-state index contributed by atoms with van der Waals surface area (Å²) in [6.45, 7) is 6.99. The highest BCUT2D eigenvalue weighted by Gasteiger charge is 2.23. The number of nitrogens with zero attached hydrogens (tertiary/aromatic N) is 1. The molecular weight excluding hydrogens is 424 g/mol. The largest absolute Gasteiger partial charge is 0.492 e. The average molecular weight is 451 g/mol. The molecule has 1 heterocycles. The lowest BCUT2D eigenvalue weighted by Gasteiger charge is -2.31. The van der Waals surface area contributed by atoms with Crippen LogP contribution in [0.5, 0.6) is 11.5 Å². The van der Waals surface area contributed by atoms with Crippen LogP contribution in [-0.4, -0.2) is 59.0 Å². The molecule has 1 saturated heterocycles. The Bertz CT molecular complexity index is 1020. The molecule has 0 spiro atoms. The van der Waals surface area contributed by atoms with Crippen LogP contribution in [0.1, 0.15) is 24.2 Å². The van der Waals surface area contributed by atoms with E-state index in [9.17, 15) is 13.2 Å². The molecule has 2 aromatic carbocycles. The molecule has 2 N–H and O–H groups in total. The average Bonchev–Trinajstić information content (AvgIpc) is 2.76. The van der Waals surface area contributed by atoms with E-state index in [2.05, 4.69) is 9.62 Å². The lowest BCUT2D eigenvalue weighted by atomic mass is 10.2. The van der Waals surface area contributed by atoms with Crippen LogP contribution in [0.3, 0.4) is 0 Å². The van der Waals surface area contributed by atoms with E-state index in [0.717, 1.165) is 5.69 Å². The molecule has 2 aromatic rings. The Morgan fingerprint density at radius 2 is 1.68 bits per heavy atom. The van der Waals surface area contributed by atoms with Gasteiger partial charge in [0.1, 0.15) is 11.5 Å². The van der Waals surface area contributed by atoms with E-state index in [1.165, 1.54) is 24.3 Å². The van der Waals surface area contributed by atoms with Gasteiger partial charge in [0, 0.05) is 25.2 Å². The zero-order valence-corrected chi connectivity index (χ0v) is 18.3. The molecule has 0 radical (unpaired) electrons. The minimum Gasteiger partial charge on any atom is -0.492 e. The number of carboxylic acid groups (broad SMARTS) is 1. The second-order valence-corrected chi connectivity index (χ2v) is 8.40. The fraction of sp³-hybridized carbons (Fsp3) is 0.381. The van der Waals surface area contributed by atoms with Gasteiger partial charge in [0.2, 0.25) is 0 Å². The number of aromatic carboxylic acids is 1. The molecule has 0 unspecified atom stereocenters. The molecule has 1 aliphatic heterocycles. The number of morpholine rings is 1. The van der Waals surface area contributed by atoms with E-state index in [-0.39, 0.29) is 16.1 Å². The monoisotopic (exact) mass is 450 g/mol. The van der Waals surface area contributed by atoms with Crippen molar-refractivity contribution in [2.75, 3.05) is 49.1 Å². The van der Waals surface area contributed by atoms with Gasteiger partial charge in [0.05, 0.1) is 48.3 Å². The van der Waals surface area contributed by atoms with E-state index >= 15 is 0 Å².